The van der Waals surface area contributed by atoms with Crippen molar-refractivity contribution in [3.8, 4) is 11.5 Å². The van der Waals surface area contributed by atoms with Crippen LogP contribution in [-0.2, 0) is 9.53 Å². The zero-order valence-electron chi connectivity index (χ0n) is 16.2. The second kappa shape index (κ2) is 9.52. The zero-order valence-corrected chi connectivity index (χ0v) is 16.2. The van der Waals surface area contributed by atoms with E-state index in [0.717, 1.165) is 0 Å². The number of phenols is 1. The fourth-order valence-electron chi connectivity index (χ4n) is 3.00. The number of carbonyl (C=O) groups is 2. The number of ketones is 1. The van der Waals surface area contributed by atoms with E-state index in [1.54, 1.807) is 19.1 Å². The molecule has 4 atom stereocenters. The van der Waals surface area contributed by atoms with Gasteiger partial charge in [0.15, 0.2) is 5.78 Å². The molecule has 3 N–H and O–H groups in total. The molecule has 0 fully saturated rings. The summed E-state index contributed by atoms with van der Waals surface area (Å²) < 4.78 is 10.6. The Bertz CT molecular complexity index is 781. The van der Waals surface area contributed by atoms with Gasteiger partial charge in [-0.1, -0.05) is 25.2 Å². The van der Waals surface area contributed by atoms with Crippen LogP contribution in [0.1, 0.15) is 42.6 Å². The number of aliphatic hydroxyl groups excluding tert-OH is 2. The van der Waals surface area contributed by atoms with Crippen molar-refractivity contribution in [2.24, 2.45) is 5.92 Å². The lowest BCUT2D eigenvalue weighted by Gasteiger charge is -2.22. The molecule has 0 amide bonds. The van der Waals surface area contributed by atoms with Crippen molar-refractivity contribution in [2.45, 2.75) is 45.0 Å². The van der Waals surface area contributed by atoms with Crippen LogP contribution in [0, 0.1) is 5.92 Å². The molecule has 0 aromatic heterocycles. The number of aliphatic hydroxyl groups is 2. The number of aromatic hydroxyl groups is 1. The van der Waals surface area contributed by atoms with Crippen LogP contribution in [0.15, 0.2) is 30.4 Å². The number of carbonyl (C=O) groups excluding carboxylic acids is 2. The SMILES string of the molecule is CC[C@H]1/C=C\C(=O)[C@@H](O)[C@@H](O)C/C=C/c2cc(OC)cc(O)c2C(=O)O[C@H]1C. The molecule has 0 saturated carbocycles. The number of esters is 1. The highest BCUT2D eigenvalue weighted by molar-refractivity contribution is 5.97. The number of ether oxygens (including phenoxy) is 2. The molecule has 0 bridgehead atoms. The number of methoxy groups -OCH3 is 1. The lowest BCUT2D eigenvalue weighted by Crippen LogP contribution is -2.32. The highest BCUT2D eigenvalue weighted by Crippen LogP contribution is 2.31. The van der Waals surface area contributed by atoms with Gasteiger partial charge in [-0.05, 0) is 37.5 Å². The summed E-state index contributed by atoms with van der Waals surface area (Å²) in [5.74, 6) is -1.55. The monoisotopic (exact) mass is 390 g/mol. The van der Waals surface area contributed by atoms with E-state index < -0.39 is 30.1 Å². The second-order valence-electron chi connectivity index (χ2n) is 6.71. The molecule has 0 spiro atoms. The minimum atomic E-state index is -1.56. The van der Waals surface area contributed by atoms with Gasteiger partial charge in [-0.2, -0.15) is 0 Å². The number of cyclic esters (lactones) is 1. The van der Waals surface area contributed by atoms with Gasteiger partial charge in [0.2, 0.25) is 0 Å². The molecule has 0 aliphatic carbocycles. The summed E-state index contributed by atoms with van der Waals surface area (Å²) in [5, 5.41) is 30.4. The highest BCUT2D eigenvalue weighted by atomic mass is 16.5. The Hall–Kier alpha value is -2.64. The molecule has 7 nitrogen and oxygen atoms in total. The van der Waals surface area contributed by atoms with Crippen molar-refractivity contribution >= 4 is 17.8 Å². The van der Waals surface area contributed by atoms with E-state index >= 15 is 0 Å². The summed E-state index contributed by atoms with van der Waals surface area (Å²) in [6, 6.07) is 2.87. The summed E-state index contributed by atoms with van der Waals surface area (Å²) in [6.45, 7) is 3.56. The molecule has 0 unspecified atom stereocenters. The first-order valence-electron chi connectivity index (χ1n) is 9.15. The lowest BCUT2D eigenvalue weighted by molar-refractivity contribution is -0.127. The van der Waals surface area contributed by atoms with Crippen LogP contribution in [-0.4, -0.2) is 52.5 Å². The molecule has 152 valence electrons. The Morgan fingerprint density at radius 2 is 1.93 bits per heavy atom. The molecule has 0 radical (unpaired) electrons. The maximum absolute atomic E-state index is 12.7. The minimum Gasteiger partial charge on any atom is -0.507 e. The number of phenolic OH excluding ortho intramolecular Hbond substituents is 1. The van der Waals surface area contributed by atoms with Crippen molar-refractivity contribution in [2.75, 3.05) is 7.11 Å². The molecule has 28 heavy (non-hydrogen) atoms. The molecule has 1 aliphatic rings. The fraction of sp³-hybridized carbons (Fsp3) is 0.429. The average Bonchev–Trinajstić information content (AvgIpc) is 2.66. The van der Waals surface area contributed by atoms with E-state index in [4.69, 9.17) is 9.47 Å². The van der Waals surface area contributed by atoms with Crippen molar-refractivity contribution in [3.63, 3.8) is 0 Å². The van der Waals surface area contributed by atoms with Gasteiger partial charge in [0.25, 0.3) is 0 Å². The maximum atomic E-state index is 12.7. The van der Waals surface area contributed by atoms with Gasteiger partial charge in [0, 0.05) is 12.0 Å². The van der Waals surface area contributed by atoms with E-state index in [9.17, 15) is 24.9 Å². The molecule has 1 aromatic carbocycles. The van der Waals surface area contributed by atoms with E-state index in [0.29, 0.717) is 17.7 Å². The van der Waals surface area contributed by atoms with Gasteiger partial charge in [-0.3, -0.25) is 4.79 Å². The van der Waals surface area contributed by atoms with Crippen LogP contribution in [0.2, 0.25) is 0 Å². The first kappa shape index (κ1) is 21.7. The third-order valence-electron chi connectivity index (χ3n) is 4.77. The van der Waals surface area contributed by atoms with Gasteiger partial charge in [-0.25, -0.2) is 4.79 Å². The number of benzene rings is 1. The van der Waals surface area contributed by atoms with Gasteiger partial charge < -0.3 is 24.8 Å². The van der Waals surface area contributed by atoms with Crippen LogP contribution in [0.5, 0.6) is 11.5 Å². The predicted octanol–water partition coefficient (Wildman–Crippen LogP) is 2.24. The highest BCUT2D eigenvalue weighted by Gasteiger charge is 2.26. The summed E-state index contributed by atoms with van der Waals surface area (Å²) in [6.07, 6.45) is 2.89. The number of hydrogen-bond acceptors (Lipinski definition) is 7. The summed E-state index contributed by atoms with van der Waals surface area (Å²) in [5.41, 5.74) is 0.314. The number of hydrogen-bond donors (Lipinski definition) is 3. The Morgan fingerprint density at radius 1 is 1.21 bits per heavy atom. The third kappa shape index (κ3) is 4.99. The van der Waals surface area contributed by atoms with E-state index in [1.807, 2.05) is 6.92 Å². The van der Waals surface area contributed by atoms with Gasteiger partial charge in [-0.15, -0.1) is 0 Å². The van der Waals surface area contributed by atoms with Crippen LogP contribution in [0.3, 0.4) is 0 Å². The van der Waals surface area contributed by atoms with Crippen LogP contribution >= 0.6 is 0 Å². The van der Waals surface area contributed by atoms with E-state index in [-0.39, 0.29) is 23.7 Å². The smallest absolute Gasteiger partial charge is 0.342 e. The molecule has 1 aliphatic heterocycles. The average molecular weight is 390 g/mol. The molecule has 7 heteroatoms. The Kier molecular flexibility index (Phi) is 7.37. The van der Waals surface area contributed by atoms with Crippen molar-refractivity contribution < 1.29 is 34.4 Å². The zero-order chi connectivity index (χ0) is 20.8. The van der Waals surface area contributed by atoms with Crippen molar-refractivity contribution in [1.82, 2.24) is 0 Å². The minimum absolute atomic E-state index is 0.0223. The molecular weight excluding hydrogens is 364 g/mol. The largest absolute Gasteiger partial charge is 0.507 e. The maximum Gasteiger partial charge on any atom is 0.342 e. The van der Waals surface area contributed by atoms with E-state index in [1.165, 1.54) is 31.4 Å². The van der Waals surface area contributed by atoms with Crippen LogP contribution in [0.25, 0.3) is 6.08 Å². The van der Waals surface area contributed by atoms with Gasteiger partial charge in [0.1, 0.15) is 29.3 Å². The normalized spacial score (nSPS) is 28.6. The van der Waals surface area contributed by atoms with E-state index in [2.05, 4.69) is 0 Å². The van der Waals surface area contributed by atoms with Gasteiger partial charge >= 0.3 is 5.97 Å². The summed E-state index contributed by atoms with van der Waals surface area (Å²) in [7, 11) is 1.43. The van der Waals surface area contributed by atoms with Crippen molar-refractivity contribution in [3.05, 3.63) is 41.5 Å². The third-order valence-corrected chi connectivity index (χ3v) is 4.77. The molecule has 1 heterocycles. The van der Waals surface area contributed by atoms with Crippen LogP contribution < -0.4 is 4.74 Å². The van der Waals surface area contributed by atoms with Crippen LogP contribution in [0.4, 0.5) is 0 Å². The fourth-order valence-corrected chi connectivity index (χ4v) is 3.00. The second-order valence-corrected chi connectivity index (χ2v) is 6.71. The summed E-state index contributed by atoms with van der Waals surface area (Å²) in [4.78, 5) is 24.8. The molecule has 1 aromatic rings. The lowest BCUT2D eigenvalue weighted by atomic mass is 9.97. The van der Waals surface area contributed by atoms with Gasteiger partial charge in [0.05, 0.1) is 13.2 Å². The first-order chi connectivity index (χ1) is 13.3. The predicted molar refractivity (Wildman–Crippen MR) is 103 cm³/mol. The summed E-state index contributed by atoms with van der Waals surface area (Å²) >= 11 is 0. The first-order valence-corrected chi connectivity index (χ1v) is 9.15. The molecule has 0 saturated heterocycles. The standard InChI is InChI=1S/C21H26O7/c1-4-13-8-9-17(23)20(25)16(22)7-5-6-14-10-15(27-3)11-18(24)19(14)21(26)28-12(13)2/h5-6,8-13,16,20,22,24-25H,4,7H2,1-3H3/b6-5+,9-8-/t12-,13-,16-,20-/m0/s1. The molecule has 2 rings (SSSR count). The quantitative estimate of drug-likeness (QED) is 0.664. The number of rotatable bonds is 2. The molecular formula is C21H26O7. The Labute approximate surface area is 163 Å². The Morgan fingerprint density at radius 3 is 2.57 bits per heavy atom. The number of fused-ring (bicyclic) bond motifs is 1. The Balaban J connectivity index is 2.52. The topological polar surface area (TPSA) is 113 Å². The van der Waals surface area contributed by atoms with Crippen molar-refractivity contribution in [1.29, 1.82) is 0 Å².